The van der Waals surface area contributed by atoms with Gasteiger partial charge in [0.15, 0.2) is 0 Å². The quantitative estimate of drug-likeness (QED) is 0.454. The smallest absolute Gasteiger partial charge is 0.338 e. The number of rotatable bonds is 3. The second-order valence-electron chi connectivity index (χ2n) is 6.04. The molecule has 3 heterocycles. The fourth-order valence-electron chi connectivity index (χ4n) is 2.98. The second kappa shape index (κ2) is 6.92. The summed E-state index contributed by atoms with van der Waals surface area (Å²) in [6.45, 7) is 0. The van der Waals surface area contributed by atoms with Gasteiger partial charge in [-0.25, -0.2) is 19.2 Å². The number of aromatic nitrogens is 4. The third-order valence-electron chi connectivity index (χ3n) is 4.36. The highest BCUT2D eigenvalue weighted by Crippen LogP contribution is 2.39. The zero-order valence-corrected chi connectivity index (χ0v) is 16.3. The number of halogens is 3. The Bertz CT molecular complexity index is 1230. The molecule has 0 fully saturated rings. The van der Waals surface area contributed by atoms with Gasteiger partial charge in [0.25, 0.3) is 0 Å². The molecule has 9 heteroatoms. The van der Waals surface area contributed by atoms with Gasteiger partial charge in [-0.2, -0.15) is 0 Å². The maximum Gasteiger partial charge on any atom is 0.338 e. The first-order chi connectivity index (χ1) is 13.4. The normalized spacial score (nSPS) is 11.2. The lowest BCUT2D eigenvalue weighted by Crippen LogP contribution is -2.01. The minimum Gasteiger partial charge on any atom is -0.465 e. The van der Waals surface area contributed by atoms with E-state index in [-0.39, 0.29) is 16.4 Å². The number of aryl methyl sites for hydroxylation is 1. The van der Waals surface area contributed by atoms with Crippen molar-refractivity contribution in [2.45, 2.75) is 0 Å². The number of ether oxygens (including phenoxy) is 1. The number of imidazole rings is 2. The van der Waals surface area contributed by atoms with Crippen LogP contribution in [0.1, 0.15) is 10.4 Å². The largest absolute Gasteiger partial charge is 0.465 e. The molecule has 0 saturated carbocycles. The Morgan fingerprint density at radius 3 is 2.64 bits per heavy atom. The highest BCUT2D eigenvalue weighted by molar-refractivity contribution is 6.33. The molecule has 0 amide bonds. The maximum atomic E-state index is 14.9. The van der Waals surface area contributed by atoms with Crippen molar-refractivity contribution in [2.24, 2.45) is 7.05 Å². The first-order valence-electron chi connectivity index (χ1n) is 8.14. The lowest BCUT2D eigenvalue weighted by molar-refractivity contribution is 0.0600. The van der Waals surface area contributed by atoms with E-state index in [0.717, 1.165) is 0 Å². The van der Waals surface area contributed by atoms with Crippen molar-refractivity contribution in [1.29, 1.82) is 0 Å². The van der Waals surface area contributed by atoms with Crippen molar-refractivity contribution >= 4 is 34.8 Å². The summed E-state index contributed by atoms with van der Waals surface area (Å²) < 4.78 is 22.8. The van der Waals surface area contributed by atoms with Crippen LogP contribution < -0.4 is 0 Å². The number of pyridine rings is 1. The molecule has 0 radical (unpaired) electrons. The summed E-state index contributed by atoms with van der Waals surface area (Å²) in [5, 5.41) is 0.560. The SMILES string of the molecule is COC(=O)c1ccn2c(Cl)c(-c3c(F)cccc3-c3ncn(C)c3Cl)nc2c1. The van der Waals surface area contributed by atoms with Gasteiger partial charge in [0.05, 0.1) is 19.0 Å². The standard InChI is InChI=1S/C19H13Cl2FN4O2/c1-25-9-23-15(17(25)20)11-4-3-5-12(22)14(11)16-18(21)26-7-6-10(19(27)28-2)8-13(26)24-16/h3-9H,1-2H3. The molecular formula is C19H13Cl2FN4O2. The molecule has 0 atom stereocenters. The van der Waals surface area contributed by atoms with E-state index in [0.29, 0.717) is 27.6 Å². The van der Waals surface area contributed by atoms with Crippen molar-refractivity contribution in [1.82, 2.24) is 18.9 Å². The van der Waals surface area contributed by atoms with Crippen molar-refractivity contribution < 1.29 is 13.9 Å². The van der Waals surface area contributed by atoms with Crippen LogP contribution in [-0.2, 0) is 11.8 Å². The van der Waals surface area contributed by atoms with Gasteiger partial charge in [0.1, 0.15) is 33.2 Å². The Hall–Kier alpha value is -2.90. The van der Waals surface area contributed by atoms with Gasteiger partial charge in [-0.05, 0) is 18.2 Å². The van der Waals surface area contributed by atoms with Crippen molar-refractivity contribution in [3.05, 3.63) is 64.5 Å². The Labute approximate surface area is 169 Å². The minimum atomic E-state index is -0.516. The third-order valence-corrected chi connectivity index (χ3v) is 5.17. The molecule has 3 aromatic heterocycles. The number of hydrogen-bond acceptors (Lipinski definition) is 4. The Balaban J connectivity index is 1.97. The number of carbonyl (C=O) groups is 1. The summed E-state index contributed by atoms with van der Waals surface area (Å²) in [7, 11) is 3.03. The fraction of sp³-hybridized carbons (Fsp3) is 0.105. The van der Waals surface area contributed by atoms with Crippen LogP contribution in [0.25, 0.3) is 28.2 Å². The predicted molar refractivity (Wildman–Crippen MR) is 104 cm³/mol. The van der Waals surface area contributed by atoms with Gasteiger partial charge in [-0.3, -0.25) is 4.40 Å². The van der Waals surface area contributed by atoms with Gasteiger partial charge in [0.2, 0.25) is 0 Å². The van der Waals surface area contributed by atoms with E-state index in [1.165, 1.54) is 19.2 Å². The molecule has 0 spiro atoms. The van der Waals surface area contributed by atoms with Gasteiger partial charge in [0, 0.05) is 24.4 Å². The molecule has 0 aliphatic rings. The van der Waals surface area contributed by atoms with E-state index in [4.69, 9.17) is 27.9 Å². The molecule has 0 N–H and O–H groups in total. The highest BCUT2D eigenvalue weighted by atomic mass is 35.5. The van der Waals surface area contributed by atoms with Crippen molar-refractivity contribution in [3.63, 3.8) is 0 Å². The first kappa shape index (κ1) is 18.5. The average Bonchev–Trinajstić information content (AvgIpc) is 3.20. The van der Waals surface area contributed by atoms with Crippen molar-refractivity contribution in [2.75, 3.05) is 7.11 Å². The minimum absolute atomic E-state index is 0.177. The number of methoxy groups -OCH3 is 1. The second-order valence-corrected chi connectivity index (χ2v) is 6.76. The summed E-state index contributed by atoms with van der Waals surface area (Å²) in [5.41, 5.74) is 1.97. The average molecular weight is 419 g/mol. The molecule has 0 saturated heterocycles. The van der Waals surface area contributed by atoms with Gasteiger partial charge in [-0.15, -0.1) is 0 Å². The monoisotopic (exact) mass is 418 g/mol. The first-order valence-corrected chi connectivity index (χ1v) is 8.90. The third kappa shape index (κ3) is 2.83. The van der Waals surface area contributed by atoms with Gasteiger partial charge < -0.3 is 9.30 Å². The van der Waals surface area contributed by atoms with Crippen LogP contribution in [0.3, 0.4) is 0 Å². The lowest BCUT2D eigenvalue weighted by Gasteiger charge is -2.08. The van der Waals surface area contributed by atoms with E-state index >= 15 is 0 Å². The topological polar surface area (TPSA) is 61.4 Å². The molecule has 0 bridgehead atoms. The molecule has 0 unspecified atom stereocenters. The van der Waals surface area contributed by atoms with Gasteiger partial charge in [-0.1, -0.05) is 35.3 Å². The summed E-state index contributed by atoms with van der Waals surface area (Å²) in [4.78, 5) is 20.5. The maximum absolute atomic E-state index is 14.9. The Morgan fingerprint density at radius 2 is 1.96 bits per heavy atom. The Morgan fingerprint density at radius 1 is 1.18 bits per heavy atom. The Kier molecular flexibility index (Phi) is 4.56. The van der Waals surface area contributed by atoms with E-state index in [1.807, 2.05) is 0 Å². The molecule has 0 aliphatic heterocycles. The van der Waals surface area contributed by atoms with Crippen molar-refractivity contribution in [3.8, 4) is 22.5 Å². The van der Waals surface area contributed by atoms with Crippen LogP contribution in [0.2, 0.25) is 10.3 Å². The lowest BCUT2D eigenvalue weighted by atomic mass is 10.0. The zero-order valence-electron chi connectivity index (χ0n) is 14.8. The number of fused-ring (bicyclic) bond motifs is 1. The number of nitrogens with zero attached hydrogens (tertiary/aromatic N) is 4. The van der Waals surface area contributed by atoms with E-state index in [2.05, 4.69) is 9.97 Å². The predicted octanol–water partition coefficient (Wildman–Crippen LogP) is 4.63. The molecule has 4 aromatic rings. The summed E-state index contributed by atoms with van der Waals surface area (Å²) in [6.07, 6.45) is 3.12. The van der Waals surface area contributed by atoms with Crippen LogP contribution in [0, 0.1) is 5.82 Å². The zero-order chi connectivity index (χ0) is 20.0. The van der Waals surface area contributed by atoms with E-state index < -0.39 is 11.8 Å². The van der Waals surface area contributed by atoms with E-state index in [9.17, 15) is 9.18 Å². The number of esters is 1. The molecule has 6 nitrogen and oxygen atoms in total. The molecule has 4 rings (SSSR count). The van der Waals surface area contributed by atoms with Crippen LogP contribution in [0.4, 0.5) is 4.39 Å². The molecule has 142 valence electrons. The van der Waals surface area contributed by atoms with Gasteiger partial charge >= 0.3 is 5.97 Å². The summed E-state index contributed by atoms with van der Waals surface area (Å²) in [6, 6.07) is 7.66. The highest BCUT2D eigenvalue weighted by Gasteiger charge is 2.23. The molecular weight excluding hydrogens is 406 g/mol. The number of benzene rings is 1. The molecule has 0 aliphatic carbocycles. The van der Waals surface area contributed by atoms with E-state index in [1.54, 1.807) is 46.7 Å². The van der Waals surface area contributed by atoms with Crippen LogP contribution in [0.5, 0.6) is 0 Å². The molecule has 1 aromatic carbocycles. The number of carbonyl (C=O) groups excluding carboxylic acids is 1. The van der Waals surface area contributed by atoms with Crippen LogP contribution in [-0.4, -0.2) is 32.0 Å². The fourth-order valence-corrected chi connectivity index (χ4v) is 3.45. The molecule has 28 heavy (non-hydrogen) atoms. The summed E-state index contributed by atoms with van der Waals surface area (Å²) in [5.74, 6) is -1.02. The van der Waals surface area contributed by atoms with Crippen LogP contribution >= 0.6 is 23.2 Å². The number of hydrogen-bond donors (Lipinski definition) is 0. The summed E-state index contributed by atoms with van der Waals surface area (Å²) >= 11 is 12.8. The van der Waals surface area contributed by atoms with Crippen LogP contribution in [0.15, 0.2) is 42.9 Å².